The number of hydrogen-bond donors (Lipinski definition) is 3. The monoisotopic (exact) mass is 526 g/mol. The van der Waals surface area contributed by atoms with Gasteiger partial charge in [-0.15, -0.1) is 0 Å². The van der Waals surface area contributed by atoms with Crippen molar-refractivity contribution in [1.29, 1.82) is 0 Å². The maximum atomic E-state index is 12.7. The summed E-state index contributed by atoms with van der Waals surface area (Å²) in [5.41, 5.74) is 8.39. The first-order valence-electron chi connectivity index (χ1n) is 12.1. The molecule has 3 atom stereocenters. The predicted molar refractivity (Wildman–Crippen MR) is 142 cm³/mol. The van der Waals surface area contributed by atoms with Gasteiger partial charge < -0.3 is 25.6 Å². The van der Waals surface area contributed by atoms with Crippen molar-refractivity contribution in [3.05, 3.63) is 96.1 Å². The van der Waals surface area contributed by atoms with E-state index in [1.807, 2.05) is 54.6 Å². The Bertz CT molecular complexity index is 1220. The van der Waals surface area contributed by atoms with Crippen LogP contribution in [0.2, 0.25) is 0 Å². The smallest absolute Gasteiger partial charge is 0.335 e. The molecule has 0 radical (unpaired) electrons. The molecule has 0 bridgehead atoms. The lowest BCUT2D eigenvalue weighted by atomic mass is 10.0. The number of nitrogens with two attached hydrogens (primary N) is 1. The Morgan fingerprint density at radius 1 is 0.973 bits per heavy atom. The topological polar surface area (TPSA) is 128 Å². The van der Waals surface area contributed by atoms with Gasteiger partial charge in [0.25, 0.3) is 0 Å². The summed E-state index contributed by atoms with van der Waals surface area (Å²) in [7, 11) is -2.04. The number of carbonyl (C=O) groups excluding carboxylic acids is 1. The molecule has 0 fully saturated rings. The average molecular weight is 527 g/mol. The molecule has 0 aliphatic rings. The number of aliphatic hydroxyl groups is 1. The van der Waals surface area contributed by atoms with E-state index in [1.165, 1.54) is 12.1 Å². The van der Waals surface area contributed by atoms with Crippen LogP contribution in [0.25, 0.3) is 0 Å². The van der Waals surface area contributed by atoms with Crippen molar-refractivity contribution >= 4 is 15.8 Å². The highest BCUT2D eigenvalue weighted by Gasteiger charge is 2.27. The minimum Gasteiger partial charge on any atom is -0.497 e. The van der Waals surface area contributed by atoms with Crippen molar-refractivity contribution < 1.29 is 27.8 Å². The molecule has 3 rings (SSSR count). The fourth-order valence-electron chi connectivity index (χ4n) is 3.80. The molecule has 3 aromatic rings. The lowest BCUT2D eigenvalue weighted by molar-refractivity contribution is -0.160. The molecule has 9 heteroatoms. The summed E-state index contributed by atoms with van der Waals surface area (Å²) in [6, 6.07) is 24.5. The van der Waals surface area contributed by atoms with Crippen LogP contribution in [0.1, 0.15) is 17.5 Å². The fourth-order valence-corrected chi connectivity index (χ4v) is 5.14. The highest BCUT2D eigenvalue weighted by atomic mass is 32.2. The third-order valence-corrected chi connectivity index (χ3v) is 7.67. The standard InChI is InChI=1S/C28H34N2O6S/c1-35-23-12-8-11-22(17-23)19-30-20-27(25(29)18-21-9-4-2-5-10-21)36-28(32)26(31)15-16-37(33,34)24-13-6-3-7-14-24/h2-14,17,25-27,30-31H,15-16,18-20,29H2,1H3/t25?,26-,27?/m0/s1. The molecule has 0 spiro atoms. The van der Waals surface area contributed by atoms with Crippen LogP contribution in [-0.4, -0.2) is 57.2 Å². The van der Waals surface area contributed by atoms with Gasteiger partial charge in [0.15, 0.2) is 15.9 Å². The molecule has 0 saturated carbocycles. The molecule has 0 heterocycles. The predicted octanol–water partition coefficient (Wildman–Crippen LogP) is 2.49. The first-order chi connectivity index (χ1) is 17.8. The summed E-state index contributed by atoms with van der Waals surface area (Å²) in [6.07, 6.45) is -2.17. The SMILES string of the molecule is COc1cccc(CNCC(OC(=O)[C@@H](O)CCS(=O)(=O)c2ccccc2)C(N)Cc2ccccc2)c1. The zero-order valence-corrected chi connectivity index (χ0v) is 21.6. The van der Waals surface area contributed by atoms with E-state index < -0.39 is 34.1 Å². The molecule has 0 aliphatic heterocycles. The zero-order chi connectivity index (χ0) is 26.7. The summed E-state index contributed by atoms with van der Waals surface area (Å²) in [5.74, 6) is -0.557. The van der Waals surface area contributed by atoms with Crippen LogP contribution in [0, 0.1) is 0 Å². The molecule has 0 amide bonds. The third-order valence-electron chi connectivity index (χ3n) is 5.90. The number of esters is 1. The second-order valence-corrected chi connectivity index (χ2v) is 10.9. The van der Waals surface area contributed by atoms with E-state index in [1.54, 1.807) is 25.3 Å². The van der Waals surface area contributed by atoms with Gasteiger partial charge in [0, 0.05) is 19.1 Å². The molecule has 0 aliphatic carbocycles. The summed E-state index contributed by atoms with van der Waals surface area (Å²) in [6.45, 7) is 0.729. The van der Waals surface area contributed by atoms with Gasteiger partial charge in [-0.3, -0.25) is 0 Å². The van der Waals surface area contributed by atoms with Gasteiger partial charge in [0.1, 0.15) is 11.9 Å². The van der Waals surface area contributed by atoms with Crippen molar-refractivity contribution in [2.45, 2.75) is 42.5 Å². The van der Waals surface area contributed by atoms with E-state index in [-0.39, 0.29) is 23.6 Å². The number of benzene rings is 3. The van der Waals surface area contributed by atoms with Crippen molar-refractivity contribution in [3.8, 4) is 5.75 Å². The molecule has 0 aromatic heterocycles. The Morgan fingerprint density at radius 3 is 2.30 bits per heavy atom. The Labute approximate surface area is 218 Å². The molecule has 37 heavy (non-hydrogen) atoms. The second-order valence-electron chi connectivity index (χ2n) is 8.75. The number of ether oxygens (including phenoxy) is 2. The number of rotatable bonds is 14. The largest absolute Gasteiger partial charge is 0.497 e. The molecule has 8 nitrogen and oxygen atoms in total. The van der Waals surface area contributed by atoms with Gasteiger partial charge in [-0.2, -0.15) is 0 Å². The lowest BCUT2D eigenvalue weighted by Gasteiger charge is -2.26. The molecular formula is C28H34N2O6S. The van der Waals surface area contributed by atoms with Crippen LogP contribution in [-0.2, 0) is 32.3 Å². The summed E-state index contributed by atoms with van der Waals surface area (Å²) in [4.78, 5) is 12.9. The quantitative estimate of drug-likeness (QED) is 0.274. The van der Waals surface area contributed by atoms with E-state index >= 15 is 0 Å². The van der Waals surface area contributed by atoms with Gasteiger partial charge in [0.05, 0.1) is 17.8 Å². The van der Waals surface area contributed by atoms with E-state index in [0.717, 1.165) is 16.9 Å². The van der Waals surface area contributed by atoms with Gasteiger partial charge in [-0.1, -0.05) is 60.7 Å². The van der Waals surface area contributed by atoms with Crippen LogP contribution in [0.15, 0.2) is 89.8 Å². The Balaban J connectivity index is 1.61. The number of sulfone groups is 1. The lowest BCUT2D eigenvalue weighted by Crippen LogP contribution is -2.47. The van der Waals surface area contributed by atoms with Gasteiger partial charge in [-0.25, -0.2) is 13.2 Å². The molecule has 2 unspecified atom stereocenters. The third kappa shape index (κ3) is 8.98. The number of aliphatic hydroxyl groups excluding tert-OH is 1. The summed E-state index contributed by atoms with van der Waals surface area (Å²) >= 11 is 0. The highest BCUT2D eigenvalue weighted by Crippen LogP contribution is 2.15. The summed E-state index contributed by atoms with van der Waals surface area (Å²) < 4.78 is 35.9. The average Bonchev–Trinajstić information content (AvgIpc) is 2.92. The Kier molecular flexibility index (Phi) is 10.6. The molecule has 198 valence electrons. The maximum Gasteiger partial charge on any atom is 0.335 e. The number of carbonyl (C=O) groups is 1. The minimum atomic E-state index is -3.64. The fraction of sp³-hybridized carbons (Fsp3) is 0.321. The molecule has 3 aromatic carbocycles. The normalized spacial score (nSPS) is 13.9. The minimum absolute atomic E-state index is 0.139. The van der Waals surface area contributed by atoms with Crippen LogP contribution in [0.4, 0.5) is 0 Å². The highest BCUT2D eigenvalue weighted by molar-refractivity contribution is 7.91. The van der Waals surface area contributed by atoms with E-state index in [9.17, 15) is 18.3 Å². The first-order valence-corrected chi connectivity index (χ1v) is 13.7. The maximum absolute atomic E-state index is 12.7. The van der Waals surface area contributed by atoms with E-state index in [2.05, 4.69) is 5.32 Å². The molecule has 0 saturated heterocycles. The van der Waals surface area contributed by atoms with Crippen molar-refractivity contribution in [3.63, 3.8) is 0 Å². The van der Waals surface area contributed by atoms with Crippen LogP contribution in [0.5, 0.6) is 5.75 Å². The van der Waals surface area contributed by atoms with Crippen molar-refractivity contribution in [1.82, 2.24) is 5.32 Å². The Hall–Kier alpha value is -3.24. The second kappa shape index (κ2) is 13.9. The van der Waals surface area contributed by atoms with Gasteiger partial charge >= 0.3 is 5.97 Å². The number of hydrogen-bond acceptors (Lipinski definition) is 8. The van der Waals surface area contributed by atoms with Crippen molar-refractivity contribution in [2.24, 2.45) is 5.73 Å². The summed E-state index contributed by atoms with van der Waals surface area (Å²) in [5, 5.41) is 13.6. The van der Waals surface area contributed by atoms with Gasteiger partial charge in [0.2, 0.25) is 0 Å². The van der Waals surface area contributed by atoms with Crippen molar-refractivity contribution in [2.75, 3.05) is 19.4 Å². The Morgan fingerprint density at radius 2 is 1.62 bits per heavy atom. The molecular weight excluding hydrogens is 492 g/mol. The first kappa shape index (κ1) is 28.3. The van der Waals surface area contributed by atoms with Crippen LogP contribution < -0.4 is 15.8 Å². The number of nitrogens with one attached hydrogen (secondary N) is 1. The number of methoxy groups -OCH3 is 1. The van der Waals surface area contributed by atoms with Crippen LogP contribution >= 0.6 is 0 Å². The van der Waals surface area contributed by atoms with Gasteiger partial charge in [-0.05, 0) is 48.2 Å². The molecule has 4 N–H and O–H groups in total. The van der Waals surface area contributed by atoms with E-state index in [4.69, 9.17) is 15.2 Å². The van der Waals surface area contributed by atoms with Crippen LogP contribution in [0.3, 0.4) is 0 Å². The van der Waals surface area contributed by atoms with E-state index in [0.29, 0.717) is 13.0 Å². The zero-order valence-electron chi connectivity index (χ0n) is 20.8.